The van der Waals surface area contributed by atoms with Crippen LogP contribution in [0.4, 0.5) is 11.4 Å². The predicted molar refractivity (Wildman–Crippen MR) is 102 cm³/mol. The van der Waals surface area contributed by atoms with Gasteiger partial charge >= 0.3 is 0 Å². The summed E-state index contributed by atoms with van der Waals surface area (Å²) in [5.41, 5.74) is 8.62. The van der Waals surface area contributed by atoms with E-state index in [1.165, 1.54) is 0 Å². The minimum absolute atomic E-state index is 0. The highest BCUT2D eigenvalue weighted by atomic mass is 35.5. The highest BCUT2D eigenvalue weighted by Gasteiger charge is 2.16. The second kappa shape index (κ2) is 8.74. The summed E-state index contributed by atoms with van der Waals surface area (Å²) >= 11 is 0. The lowest BCUT2D eigenvalue weighted by Crippen LogP contribution is -2.17. The van der Waals surface area contributed by atoms with Crippen LogP contribution in [0.25, 0.3) is 0 Å². The molecule has 0 saturated carbocycles. The molecule has 25 heavy (non-hydrogen) atoms. The summed E-state index contributed by atoms with van der Waals surface area (Å²) in [5, 5.41) is 2.89. The fraction of sp³-hybridized carbons (Fsp3) is 0.316. The summed E-state index contributed by atoms with van der Waals surface area (Å²) in [6.07, 6.45) is 2.25. The Morgan fingerprint density at radius 2 is 2.16 bits per heavy atom. The first-order chi connectivity index (χ1) is 11.6. The zero-order valence-electron chi connectivity index (χ0n) is 14.2. The monoisotopic (exact) mass is 362 g/mol. The van der Waals surface area contributed by atoms with Gasteiger partial charge in [0.1, 0.15) is 12.4 Å². The number of amides is 1. The van der Waals surface area contributed by atoms with Gasteiger partial charge in [-0.15, -0.1) is 12.4 Å². The second-order valence-corrected chi connectivity index (χ2v) is 6.00. The van der Waals surface area contributed by atoms with Crippen LogP contribution in [0, 0.1) is 6.92 Å². The van der Waals surface area contributed by atoms with E-state index in [9.17, 15) is 4.79 Å². The van der Waals surface area contributed by atoms with Crippen LogP contribution in [-0.4, -0.2) is 25.2 Å². The second-order valence-electron chi connectivity index (χ2n) is 6.00. The highest BCUT2D eigenvalue weighted by molar-refractivity contribution is 6.05. The lowest BCUT2D eigenvalue weighted by atomic mass is 10.1. The minimum Gasteiger partial charge on any atom is -0.491 e. The Balaban J connectivity index is 0.00000225. The molecule has 0 aromatic heterocycles. The molecule has 1 aliphatic rings. The number of halogens is 1. The molecule has 1 atom stereocenters. The third-order valence-corrected chi connectivity index (χ3v) is 4.07. The Morgan fingerprint density at radius 1 is 1.32 bits per heavy atom. The lowest BCUT2D eigenvalue weighted by molar-refractivity contribution is 0.0679. The summed E-state index contributed by atoms with van der Waals surface area (Å²) in [5.74, 6) is 0.480. The number of ether oxygens (including phenoxy) is 2. The first kappa shape index (κ1) is 19.1. The third kappa shape index (κ3) is 5.11. The number of benzene rings is 2. The molecule has 0 bridgehead atoms. The maximum absolute atomic E-state index is 12.5. The van der Waals surface area contributed by atoms with Crippen LogP contribution in [0.2, 0.25) is 0 Å². The van der Waals surface area contributed by atoms with Gasteiger partial charge in [0.2, 0.25) is 0 Å². The molecule has 1 saturated heterocycles. The van der Waals surface area contributed by atoms with E-state index in [0.717, 1.165) is 25.0 Å². The van der Waals surface area contributed by atoms with Gasteiger partial charge in [0, 0.05) is 23.5 Å². The van der Waals surface area contributed by atoms with E-state index >= 15 is 0 Å². The number of carbonyl (C=O) groups is 1. The number of nitrogen functional groups attached to an aromatic ring is 1. The molecule has 0 aliphatic carbocycles. The van der Waals surface area contributed by atoms with Crippen molar-refractivity contribution in [3.05, 3.63) is 53.6 Å². The van der Waals surface area contributed by atoms with Crippen molar-refractivity contribution < 1.29 is 14.3 Å². The van der Waals surface area contributed by atoms with Crippen LogP contribution in [-0.2, 0) is 4.74 Å². The van der Waals surface area contributed by atoms with Gasteiger partial charge in [0.25, 0.3) is 5.91 Å². The van der Waals surface area contributed by atoms with Crippen molar-refractivity contribution in [3.63, 3.8) is 0 Å². The van der Waals surface area contributed by atoms with Gasteiger partial charge in [-0.25, -0.2) is 0 Å². The Labute approximate surface area is 153 Å². The molecular formula is C19H23ClN2O3. The number of rotatable bonds is 5. The van der Waals surface area contributed by atoms with Gasteiger partial charge in [-0.1, -0.05) is 12.1 Å². The maximum Gasteiger partial charge on any atom is 0.255 e. The third-order valence-electron chi connectivity index (χ3n) is 4.07. The largest absolute Gasteiger partial charge is 0.491 e. The predicted octanol–water partition coefficient (Wildman–Crippen LogP) is 3.81. The molecule has 1 aliphatic heterocycles. The summed E-state index contributed by atoms with van der Waals surface area (Å²) < 4.78 is 11.3. The molecule has 1 fully saturated rings. The van der Waals surface area contributed by atoms with Crippen molar-refractivity contribution in [3.8, 4) is 5.75 Å². The van der Waals surface area contributed by atoms with Crippen LogP contribution in [0.15, 0.2) is 42.5 Å². The number of nitrogens with two attached hydrogens (primary N) is 1. The zero-order chi connectivity index (χ0) is 16.9. The molecule has 6 heteroatoms. The fourth-order valence-electron chi connectivity index (χ4n) is 2.66. The Kier molecular flexibility index (Phi) is 6.67. The van der Waals surface area contributed by atoms with E-state index in [0.29, 0.717) is 29.3 Å². The van der Waals surface area contributed by atoms with Crippen molar-refractivity contribution >= 4 is 29.7 Å². The Hall–Kier alpha value is -2.24. The first-order valence-corrected chi connectivity index (χ1v) is 8.14. The standard InChI is InChI=1S/C19H22N2O3.ClH/c1-13-7-8-15(20)11-18(13)21-19(22)14-4-2-5-16(10-14)24-12-17-6-3-9-23-17;/h2,4-5,7-8,10-11,17H,3,6,9,12,20H2,1H3,(H,21,22);1H. The quantitative estimate of drug-likeness (QED) is 0.793. The molecule has 2 aromatic carbocycles. The molecule has 0 radical (unpaired) electrons. The molecule has 134 valence electrons. The number of hydrogen-bond donors (Lipinski definition) is 2. The van der Waals surface area contributed by atoms with Crippen LogP contribution in [0.3, 0.4) is 0 Å². The van der Waals surface area contributed by atoms with Crippen molar-refractivity contribution in [2.45, 2.75) is 25.9 Å². The van der Waals surface area contributed by atoms with Crippen molar-refractivity contribution in [1.82, 2.24) is 0 Å². The fourth-order valence-corrected chi connectivity index (χ4v) is 2.66. The van der Waals surface area contributed by atoms with Gasteiger partial charge < -0.3 is 20.5 Å². The number of aryl methyl sites for hydroxylation is 1. The summed E-state index contributed by atoms with van der Waals surface area (Å²) in [4.78, 5) is 12.5. The molecule has 1 unspecified atom stereocenters. The lowest BCUT2D eigenvalue weighted by Gasteiger charge is -2.13. The smallest absolute Gasteiger partial charge is 0.255 e. The van der Waals surface area contributed by atoms with Crippen molar-refractivity contribution in [2.75, 3.05) is 24.3 Å². The van der Waals surface area contributed by atoms with Crippen LogP contribution < -0.4 is 15.8 Å². The highest BCUT2D eigenvalue weighted by Crippen LogP contribution is 2.21. The molecule has 3 rings (SSSR count). The molecular weight excluding hydrogens is 340 g/mol. The molecule has 3 N–H and O–H groups in total. The van der Waals surface area contributed by atoms with E-state index in [1.54, 1.807) is 18.2 Å². The number of carbonyl (C=O) groups excluding carboxylic acids is 1. The molecule has 1 amide bonds. The number of nitrogens with one attached hydrogen (secondary N) is 1. The SMILES string of the molecule is Cc1ccc(N)cc1NC(=O)c1cccc(OCC2CCCO2)c1.Cl. The van der Waals surface area contributed by atoms with Crippen molar-refractivity contribution in [1.29, 1.82) is 0 Å². The van der Waals surface area contributed by atoms with Gasteiger partial charge in [-0.2, -0.15) is 0 Å². The van der Waals surface area contributed by atoms with Crippen molar-refractivity contribution in [2.24, 2.45) is 0 Å². The molecule has 0 spiro atoms. The maximum atomic E-state index is 12.5. The van der Waals surface area contributed by atoms with Crippen LogP contribution >= 0.6 is 12.4 Å². The molecule has 1 heterocycles. The average molecular weight is 363 g/mol. The van der Waals surface area contributed by atoms with E-state index < -0.39 is 0 Å². The summed E-state index contributed by atoms with van der Waals surface area (Å²) in [7, 11) is 0. The Morgan fingerprint density at radius 3 is 2.92 bits per heavy atom. The average Bonchev–Trinajstić information content (AvgIpc) is 3.10. The minimum atomic E-state index is -0.189. The van der Waals surface area contributed by atoms with Gasteiger partial charge in [-0.3, -0.25) is 4.79 Å². The van der Waals surface area contributed by atoms with Crippen LogP contribution in [0.5, 0.6) is 5.75 Å². The molecule has 2 aromatic rings. The first-order valence-electron chi connectivity index (χ1n) is 8.14. The topological polar surface area (TPSA) is 73.6 Å². The summed E-state index contributed by atoms with van der Waals surface area (Å²) in [6.45, 7) is 3.24. The summed E-state index contributed by atoms with van der Waals surface area (Å²) in [6, 6.07) is 12.6. The molecule has 5 nitrogen and oxygen atoms in total. The zero-order valence-corrected chi connectivity index (χ0v) is 15.0. The van der Waals surface area contributed by atoms with Crippen LogP contribution in [0.1, 0.15) is 28.8 Å². The van der Waals surface area contributed by atoms with E-state index in [2.05, 4.69) is 5.32 Å². The van der Waals surface area contributed by atoms with Gasteiger partial charge in [-0.05, 0) is 55.7 Å². The number of anilines is 2. The van der Waals surface area contributed by atoms with E-state index in [-0.39, 0.29) is 24.4 Å². The van der Waals surface area contributed by atoms with Gasteiger partial charge in [0.15, 0.2) is 0 Å². The van der Waals surface area contributed by atoms with E-state index in [4.69, 9.17) is 15.2 Å². The normalized spacial score (nSPS) is 16.1. The van der Waals surface area contributed by atoms with E-state index in [1.807, 2.05) is 31.2 Å². The Bertz CT molecular complexity index is 730. The number of hydrogen-bond acceptors (Lipinski definition) is 4. The van der Waals surface area contributed by atoms with Gasteiger partial charge in [0.05, 0.1) is 6.10 Å².